The molecule has 2 rings (SSSR count). The molecule has 4 heteroatoms. The Morgan fingerprint density at radius 2 is 2.04 bits per heavy atom. The minimum Gasteiger partial charge on any atom is -0.489 e. The lowest BCUT2D eigenvalue weighted by molar-refractivity contribution is -0.136. The number of rotatable bonds is 8. The molecule has 1 N–H and O–H groups in total. The number of ether oxygens (including phenoxy) is 1. The van der Waals surface area contributed by atoms with Crippen LogP contribution in [0.4, 0.5) is 0 Å². The van der Waals surface area contributed by atoms with E-state index in [1.165, 1.54) is 23.1 Å². The molecule has 0 atom stereocenters. The normalized spacial score (nSPS) is 15.2. The summed E-state index contributed by atoms with van der Waals surface area (Å²) in [5.74, 6) is 0.118. The number of allylic oxidation sites excluding steroid dienone is 2. The molecular formula is C22H29NO3. The summed E-state index contributed by atoms with van der Waals surface area (Å²) >= 11 is 0. The van der Waals surface area contributed by atoms with Crippen LogP contribution in [-0.4, -0.2) is 23.9 Å². The van der Waals surface area contributed by atoms with E-state index in [9.17, 15) is 4.79 Å². The third-order valence-electron chi connectivity index (χ3n) is 5.09. The van der Waals surface area contributed by atoms with Crippen LogP contribution in [0.3, 0.4) is 0 Å². The first-order chi connectivity index (χ1) is 12.4. The molecule has 0 heterocycles. The van der Waals surface area contributed by atoms with Crippen molar-refractivity contribution in [1.82, 2.24) is 0 Å². The first-order valence-electron chi connectivity index (χ1n) is 9.23. The Balaban J connectivity index is 2.11. The number of aliphatic carboxylic acids is 1. The zero-order chi connectivity index (χ0) is 19.1. The number of hydrogen-bond acceptors (Lipinski definition) is 3. The predicted molar refractivity (Wildman–Crippen MR) is 106 cm³/mol. The van der Waals surface area contributed by atoms with Crippen molar-refractivity contribution in [2.24, 2.45) is 4.99 Å². The van der Waals surface area contributed by atoms with Crippen molar-refractivity contribution in [2.75, 3.05) is 6.61 Å². The number of nitrogens with zero attached hydrogens (tertiary/aromatic N) is 1. The highest BCUT2D eigenvalue weighted by Gasteiger charge is 2.17. The van der Waals surface area contributed by atoms with Crippen LogP contribution >= 0.6 is 0 Å². The number of benzene rings is 1. The van der Waals surface area contributed by atoms with E-state index < -0.39 is 5.97 Å². The maximum atomic E-state index is 10.8. The Bertz CT molecular complexity index is 757. The van der Waals surface area contributed by atoms with Crippen LogP contribution in [0.2, 0.25) is 0 Å². The van der Waals surface area contributed by atoms with Gasteiger partial charge in [0.25, 0.3) is 0 Å². The van der Waals surface area contributed by atoms with Gasteiger partial charge < -0.3 is 9.84 Å². The predicted octanol–water partition coefficient (Wildman–Crippen LogP) is 5.17. The van der Waals surface area contributed by atoms with E-state index in [4.69, 9.17) is 9.84 Å². The smallest absolute Gasteiger partial charge is 0.303 e. The molecule has 0 spiro atoms. The van der Waals surface area contributed by atoms with Gasteiger partial charge in [0.2, 0.25) is 0 Å². The van der Waals surface area contributed by atoms with E-state index in [0.29, 0.717) is 13.0 Å². The van der Waals surface area contributed by atoms with Gasteiger partial charge in [0.15, 0.2) is 0 Å². The van der Waals surface area contributed by atoms with Crippen LogP contribution in [0, 0.1) is 13.8 Å². The topological polar surface area (TPSA) is 58.9 Å². The van der Waals surface area contributed by atoms with E-state index >= 15 is 0 Å². The fourth-order valence-electron chi connectivity index (χ4n) is 3.39. The van der Waals surface area contributed by atoms with Gasteiger partial charge >= 0.3 is 5.97 Å². The van der Waals surface area contributed by atoms with E-state index in [0.717, 1.165) is 35.3 Å². The molecule has 4 nitrogen and oxygen atoms in total. The quantitative estimate of drug-likeness (QED) is 0.654. The van der Waals surface area contributed by atoms with Gasteiger partial charge in [0, 0.05) is 18.8 Å². The second kappa shape index (κ2) is 9.37. The SMILES string of the molecule is CC=N/C=C(\C)C1=C(COc2ccc(CCC(=O)O)c(C)c2C)CCC1. The summed E-state index contributed by atoms with van der Waals surface area (Å²) in [5.41, 5.74) is 7.25. The average molecular weight is 355 g/mol. The van der Waals surface area contributed by atoms with Crippen LogP contribution in [0.5, 0.6) is 5.75 Å². The summed E-state index contributed by atoms with van der Waals surface area (Å²) in [6.07, 6.45) is 7.77. The van der Waals surface area contributed by atoms with Gasteiger partial charge in [-0.1, -0.05) is 6.07 Å². The maximum absolute atomic E-state index is 10.8. The average Bonchev–Trinajstić information content (AvgIpc) is 3.08. The lowest BCUT2D eigenvalue weighted by atomic mass is 9.99. The molecule has 0 bridgehead atoms. The molecule has 26 heavy (non-hydrogen) atoms. The molecule has 0 saturated heterocycles. The standard InChI is InChI=1S/C22H29NO3/c1-5-23-13-15(2)20-8-6-7-19(20)14-26-21-11-9-18(10-12-22(24)25)16(3)17(21)4/h5,9,11,13H,6-8,10,12,14H2,1-4H3,(H,24,25)/b15-13+,23-5?. The summed E-state index contributed by atoms with van der Waals surface area (Å²) < 4.78 is 6.13. The lowest BCUT2D eigenvalue weighted by Gasteiger charge is -2.15. The van der Waals surface area contributed by atoms with Gasteiger partial charge in [-0.2, -0.15) is 0 Å². The number of carboxylic acids is 1. The summed E-state index contributed by atoms with van der Waals surface area (Å²) in [7, 11) is 0. The summed E-state index contributed by atoms with van der Waals surface area (Å²) in [6.45, 7) is 8.71. The molecule has 0 fully saturated rings. The Hall–Kier alpha value is -2.36. The number of aliphatic imine (C=N–C) groups is 1. The van der Waals surface area contributed by atoms with Crippen molar-refractivity contribution < 1.29 is 14.6 Å². The first-order valence-corrected chi connectivity index (χ1v) is 9.23. The second-order valence-corrected chi connectivity index (χ2v) is 6.81. The third kappa shape index (κ3) is 5.07. The van der Waals surface area contributed by atoms with Crippen LogP contribution in [-0.2, 0) is 11.2 Å². The van der Waals surface area contributed by atoms with E-state index in [-0.39, 0.29) is 6.42 Å². The fourth-order valence-corrected chi connectivity index (χ4v) is 3.39. The van der Waals surface area contributed by atoms with Gasteiger partial charge in [-0.3, -0.25) is 9.79 Å². The van der Waals surface area contributed by atoms with Crippen molar-refractivity contribution in [2.45, 2.75) is 59.8 Å². The highest BCUT2D eigenvalue weighted by atomic mass is 16.5. The molecule has 1 aliphatic carbocycles. The van der Waals surface area contributed by atoms with Gasteiger partial charge in [-0.15, -0.1) is 0 Å². The highest BCUT2D eigenvalue weighted by Crippen LogP contribution is 2.32. The molecule has 1 aliphatic rings. The van der Waals surface area contributed by atoms with Crippen molar-refractivity contribution in [3.8, 4) is 5.75 Å². The first kappa shape index (κ1) is 20.0. The summed E-state index contributed by atoms with van der Waals surface area (Å²) in [5, 5.41) is 8.88. The number of aryl methyl sites for hydroxylation is 1. The maximum Gasteiger partial charge on any atom is 0.303 e. The number of hydrogen-bond donors (Lipinski definition) is 1. The number of carbonyl (C=O) groups is 1. The van der Waals surface area contributed by atoms with Crippen LogP contribution < -0.4 is 4.74 Å². The molecule has 140 valence electrons. The Labute approximate surface area is 156 Å². The Morgan fingerprint density at radius 1 is 1.27 bits per heavy atom. The second-order valence-electron chi connectivity index (χ2n) is 6.81. The molecule has 0 amide bonds. The van der Waals surface area contributed by atoms with Gasteiger partial charge in [-0.25, -0.2) is 0 Å². The van der Waals surface area contributed by atoms with Gasteiger partial charge in [0.1, 0.15) is 12.4 Å². The van der Waals surface area contributed by atoms with Crippen molar-refractivity contribution >= 4 is 12.2 Å². The third-order valence-corrected chi connectivity index (χ3v) is 5.09. The van der Waals surface area contributed by atoms with E-state index in [2.05, 4.69) is 11.9 Å². The highest BCUT2D eigenvalue weighted by molar-refractivity contribution is 5.67. The van der Waals surface area contributed by atoms with Gasteiger partial charge in [-0.05, 0) is 92.9 Å². The molecular weight excluding hydrogens is 326 g/mol. The molecule has 1 aromatic rings. The van der Waals surface area contributed by atoms with Gasteiger partial charge in [0.05, 0.1) is 0 Å². The lowest BCUT2D eigenvalue weighted by Crippen LogP contribution is -2.05. The van der Waals surface area contributed by atoms with Crippen LogP contribution in [0.1, 0.15) is 56.2 Å². The van der Waals surface area contributed by atoms with Crippen molar-refractivity contribution in [3.63, 3.8) is 0 Å². The van der Waals surface area contributed by atoms with Crippen molar-refractivity contribution in [1.29, 1.82) is 0 Å². The van der Waals surface area contributed by atoms with Crippen LogP contribution in [0.15, 0.2) is 40.0 Å². The molecule has 0 radical (unpaired) electrons. The van der Waals surface area contributed by atoms with E-state index in [1.807, 2.05) is 39.1 Å². The minimum absolute atomic E-state index is 0.155. The minimum atomic E-state index is -0.765. The monoisotopic (exact) mass is 355 g/mol. The van der Waals surface area contributed by atoms with E-state index in [1.54, 1.807) is 6.21 Å². The molecule has 0 aliphatic heterocycles. The fraction of sp³-hybridized carbons (Fsp3) is 0.455. The Kier molecular flexibility index (Phi) is 7.19. The van der Waals surface area contributed by atoms with Crippen molar-refractivity contribution in [3.05, 3.63) is 51.7 Å². The largest absolute Gasteiger partial charge is 0.489 e. The molecule has 1 aromatic carbocycles. The zero-order valence-electron chi connectivity index (χ0n) is 16.3. The Morgan fingerprint density at radius 3 is 2.73 bits per heavy atom. The summed E-state index contributed by atoms with van der Waals surface area (Å²) in [6, 6.07) is 3.96. The molecule has 0 unspecified atom stereocenters. The van der Waals surface area contributed by atoms with Crippen LogP contribution in [0.25, 0.3) is 0 Å². The zero-order valence-corrected chi connectivity index (χ0v) is 16.3. The molecule has 0 aromatic heterocycles. The summed E-state index contributed by atoms with van der Waals surface area (Å²) in [4.78, 5) is 15.0. The number of carboxylic acid groups (broad SMARTS) is 1. The molecule has 0 saturated carbocycles.